The minimum atomic E-state index is -0.185. The van der Waals surface area contributed by atoms with Gasteiger partial charge < -0.3 is 15.0 Å². The highest BCUT2D eigenvalue weighted by molar-refractivity contribution is 5.97. The number of benzene rings is 3. The number of ether oxygens (including phenoxy) is 1. The Balaban J connectivity index is 1.32. The quantitative estimate of drug-likeness (QED) is 0.630. The summed E-state index contributed by atoms with van der Waals surface area (Å²) < 4.78 is 5.45. The molecule has 1 aliphatic rings. The van der Waals surface area contributed by atoms with Crippen LogP contribution in [0.5, 0.6) is 5.75 Å². The van der Waals surface area contributed by atoms with E-state index in [2.05, 4.69) is 17.4 Å². The Morgan fingerprint density at radius 3 is 2.32 bits per heavy atom. The predicted molar refractivity (Wildman–Crippen MR) is 122 cm³/mol. The zero-order valence-corrected chi connectivity index (χ0v) is 17.6. The van der Waals surface area contributed by atoms with Gasteiger partial charge in [0.25, 0.3) is 0 Å². The van der Waals surface area contributed by atoms with E-state index in [0.29, 0.717) is 26.0 Å². The van der Waals surface area contributed by atoms with Gasteiger partial charge in [-0.3, -0.25) is 9.59 Å². The number of carbonyl (C=O) groups is 2. The molecule has 1 heterocycles. The first kappa shape index (κ1) is 20.7. The Labute approximate surface area is 182 Å². The molecule has 3 aromatic carbocycles. The van der Waals surface area contributed by atoms with Gasteiger partial charge in [-0.25, -0.2) is 0 Å². The van der Waals surface area contributed by atoms with Crippen molar-refractivity contribution in [2.24, 2.45) is 0 Å². The van der Waals surface area contributed by atoms with E-state index in [9.17, 15) is 9.59 Å². The summed E-state index contributed by atoms with van der Waals surface area (Å²) in [6.07, 6.45) is 0.606. The summed E-state index contributed by atoms with van der Waals surface area (Å²) in [7, 11) is 0. The van der Waals surface area contributed by atoms with Crippen LogP contribution in [0.25, 0.3) is 11.1 Å². The fraction of sp³-hybridized carbons (Fsp3) is 0.231. The molecule has 0 radical (unpaired) electrons. The number of carbonyl (C=O) groups excluding carboxylic acids is 2. The van der Waals surface area contributed by atoms with Crippen LogP contribution in [0.2, 0.25) is 0 Å². The van der Waals surface area contributed by atoms with E-state index in [0.717, 1.165) is 28.1 Å². The van der Waals surface area contributed by atoms with Gasteiger partial charge in [0.1, 0.15) is 5.75 Å². The van der Waals surface area contributed by atoms with Gasteiger partial charge in [-0.1, -0.05) is 54.6 Å². The van der Waals surface area contributed by atoms with Crippen molar-refractivity contribution < 1.29 is 14.3 Å². The summed E-state index contributed by atoms with van der Waals surface area (Å²) in [6.45, 7) is 3.01. The van der Waals surface area contributed by atoms with Crippen LogP contribution in [0.1, 0.15) is 18.9 Å². The van der Waals surface area contributed by atoms with Crippen LogP contribution in [-0.2, 0) is 16.0 Å². The van der Waals surface area contributed by atoms with Crippen LogP contribution < -0.4 is 15.0 Å². The Kier molecular flexibility index (Phi) is 6.32. The largest absolute Gasteiger partial charge is 0.494 e. The molecule has 1 fully saturated rings. The van der Waals surface area contributed by atoms with Crippen molar-refractivity contribution in [3.63, 3.8) is 0 Å². The van der Waals surface area contributed by atoms with Crippen LogP contribution in [-0.4, -0.2) is 31.0 Å². The minimum absolute atomic E-state index is 0.0154. The lowest BCUT2D eigenvalue weighted by Gasteiger charge is -2.18. The number of nitrogens with zero attached hydrogens (tertiary/aromatic N) is 1. The third-order valence-electron chi connectivity index (χ3n) is 5.38. The molecule has 1 N–H and O–H groups in total. The first-order chi connectivity index (χ1) is 15.1. The van der Waals surface area contributed by atoms with Crippen LogP contribution in [0, 0.1) is 0 Å². The molecular weight excluding hydrogens is 388 g/mol. The van der Waals surface area contributed by atoms with Crippen molar-refractivity contribution in [2.75, 3.05) is 18.1 Å². The second-order valence-corrected chi connectivity index (χ2v) is 7.64. The monoisotopic (exact) mass is 414 g/mol. The number of nitrogens with one attached hydrogen (secondary N) is 1. The van der Waals surface area contributed by atoms with E-state index in [1.54, 1.807) is 4.90 Å². The molecule has 4 rings (SSSR count). The second kappa shape index (κ2) is 9.47. The molecule has 1 atom stereocenters. The van der Waals surface area contributed by atoms with Gasteiger partial charge >= 0.3 is 0 Å². The molecule has 1 aliphatic heterocycles. The zero-order chi connectivity index (χ0) is 21.6. The van der Waals surface area contributed by atoms with Crippen molar-refractivity contribution in [2.45, 2.75) is 25.8 Å². The average Bonchev–Trinajstić information content (AvgIpc) is 3.15. The molecule has 31 heavy (non-hydrogen) atoms. The van der Waals surface area contributed by atoms with E-state index < -0.39 is 0 Å². The average molecular weight is 415 g/mol. The van der Waals surface area contributed by atoms with Crippen molar-refractivity contribution in [3.8, 4) is 16.9 Å². The maximum atomic E-state index is 12.5. The predicted octanol–water partition coefficient (Wildman–Crippen LogP) is 4.22. The number of amides is 2. The summed E-state index contributed by atoms with van der Waals surface area (Å²) >= 11 is 0. The number of hydrogen-bond donors (Lipinski definition) is 1. The van der Waals surface area contributed by atoms with Crippen molar-refractivity contribution >= 4 is 17.5 Å². The normalized spacial score (nSPS) is 15.7. The molecule has 5 nitrogen and oxygen atoms in total. The lowest BCUT2D eigenvalue weighted by molar-refractivity contribution is -0.121. The first-order valence-corrected chi connectivity index (χ1v) is 10.6. The molecule has 5 heteroatoms. The van der Waals surface area contributed by atoms with Gasteiger partial charge in [0.15, 0.2) is 0 Å². The molecule has 0 aliphatic carbocycles. The van der Waals surface area contributed by atoms with Gasteiger partial charge in [-0.2, -0.15) is 0 Å². The lowest BCUT2D eigenvalue weighted by Crippen LogP contribution is -2.38. The molecule has 0 bridgehead atoms. The van der Waals surface area contributed by atoms with E-state index >= 15 is 0 Å². The summed E-state index contributed by atoms with van der Waals surface area (Å²) in [6, 6.07) is 25.5. The van der Waals surface area contributed by atoms with Crippen molar-refractivity contribution in [1.82, 2.24) is 5.32 Å². The van der Waals surface area contributed by atoms with Gasteiger partial charge in [0, 0.05) is 18.7 Å². The first-order valence-electron chi connectivity index (χ1n) is 10.6. The molecule has 0 unspecified atom stereocenters. The fourth-order valence-corrected chi connectivity index (χ4v) is 3.85. The van der Waals surface area contributed by atoms with Crippen LogP contribution in [0.4, 0.5) is 5.69 Å². The molecule has 1 saturated heterocycles. The van der Waals surface area contributed by atoms with E-state index in [1.165, 1.54) is 0 Å². The van der Waals surface area contributed by atoms with Crippen LogP contribution in [0.15, 0.2) is 78.9 Å². The number of rotatable bonds is 7. The highest BCUT2D eigenvalue weighted by Crippen LogP contribution is 2.24. The Hall–Kier alpha value is -3.60. The summed E-state index contributed by atoms with van der Waals surface area (Å²) in [5, 5.41) is 3.01. The van der Waals surface area contributed by atoms with Crippen molar-refractivity contribution in [3.05, 3.63) is 84.4 Å². The number of hydrogen-bond acceptors (Lipinski definition) is 3. The maximum Gasteiger partial charge on any atom is 0.229 e. The van der Waals surface area contributed by atoms with Crippen molar-refractivity contribution in [1.29, 1.82) is 0 Å². The Morgan fingerprint density at radius 1 is 0.968 bits per heavy atom. The number of anilines is 1. The topological polar surface area (TPSA) is 58.6 Å². The van der Waals surface area contributed by atoms with Gasteiger partial charge in [0.05, 0.1) is 19.1 Å². The van der Waals surface area contributed by atoms with Gasteiger partial charge in [-0.05, 0) is 47.9 Å². The lowest BCUT2D eigenvalue weighted by atomic mass is 10.0. The summed E-state index contributed by atoms with van der Waals surface area (Å²) in [4.78, 5) is 26.7. The summed E-state index contributed by atoms with van der Waals surface area (Å²) in [5.74, 6) is 0.724. The SMILES string of the molecule is CCOc1ccc(N2C[C@H](NC(=O)Cc3ccc(-c4ccccc4)cc3)CC2=O)cc1. The highest BCUT2D eigenvalue weighted by Gasteiger charge is 2.31. The van der Waals surface area contributed by atoms with Crippen LogP contribution in [0.3, 0.4) is 0 Å². The molecule has 0 spiro atoms. The van der Waals surface area contributed by atoms with Crippen LogP contribution >= 0.6 is 0 Å². The molecule has 3 aromatic rings. The third kappa shape index (κ3) is 5.12. The highest BCUT2D eigenvalue weighted by atomic mass is 16.5. The van der Waals surface area contributed by atoms with E-state index in [-0.39, 0.29) is 17.9 Å². The zero-order valence-electron chi connectivity index (χ0n) is 17.6. The molecule has 158 valence electrons. The maximum absolute atomic E-state index is 12.5. The second-order valence-electron chi connectivity index (χ2n) is 7.64. The molecule has 0 saturated carbocycles. The minimum Gasteiger partial charge on any atom is -0.494 e. The fourth-order valence-electron chi connectivity index (χ4n) is 3.85. The Bertz CT molecular complexity index is 1030. The molecular formula is C26H26N2O3. The molecule has 2 amide bonds. The summed E-state index contributed by atoms with van der Waals surface area (Å²) in [5.41, 5.74) is 4.04. The van der Waals surface area contributed by atoms with Gasteiger partial charge in [0.2, 0.25) is 11.8 Å². The standard InChI is InChI=1S/C26H26N2O3/c1-2-31-24-14-12-23(13-15-24)28-18-22(17-26(28)30)27-25(29)16-19-8-10-21(11-9-19)20-6-4-3-5-7-20/h3-15,22H,2,16-18H2,1H3,(H,27,29)/t22-/m1/s1. The third-order valence-corrected chi connectivity index (χ3v) is 5.38. The van der Waals surface area contributed by atoms with E-state index in [1.807, 2.05) is 73.7 Å². The van der Waals surface area contributed by atoms with E-state index in [4.69, 9.17) is 4.74 Å². The van der Waals surface area contributed by atoms with Gasteiger partial charge in [-0.15, -0.1) is 0 Å². The smallest absolute Gasteiger partial charge is 0.229 e. The Morgan fingerprint density at radius 2 is 1.65 bits per heavy atom. The molecule has 0 aromatic heterocycles.